The molecule has 3 aromatic rings. The van der Waals surface area contributed by atoms with Crippen molar-refractivity contribution < 1.29 is 14.3 Å². The summed E-state index contributed by atoms with van der Waals surface area (Å²) in [7, 11) is 1.59. The van der Waals surface area contributed by atoms with Crippen LogP contribution in [-0.2, 0) is 17.8 Å². The van der Waals surface area contributed by atoms with Crippen LogP contribution < -0.4 is 10.1 Å². The fourth-order valence-electron chi connectivity index (χ4n) is 4.62. The number of ether oxygens (including phenoxy) is 1. The number of benzene rings is 2. The molecule has 0 bridgehead atoms. The summed E-state index contributed by atoms with van der Waals surface area (Å²) >= 11 is 1.48. The summed E-state index contributed by atoms with van der Waals surface area (Å²) in [5.41, 5.74) is 2.68. The van der Waals surface area contributed by atoms with Crippen LogP contribution in [0.2, 0.25) is 0 Å². The summed E-state index contributed by atoms with van der Waals surface area (Å²) in [6.07, 6.45) is 1.62. The highest BCUT2D eigenvalue weighted by Gasteiger charge is 2.36. The number of piperazine rings is 1. The summed E-state index contributed by atoms with van der Waals surface area (Å²) in [4.78, 5) is 36.1. The molecule has 8 heteroatoms. The van der Waals surface area contributed by atoms with E-state index in [0.29, 0.717) is 16.4 Å². The Bertz CT molecular complexity index is 1150. The number of carbonyl (C=O) groups excluding carboxylic acids is 2. The van der Waals surface area contributed by atoms with E-state index in [9.17, 15) is 9.59 Å². The SMILES string of the molecule is COc1ccc(C(=O)Nc2nc3c(s2)CCC3C(=O)N2CCN(Cc3ccccc3)CC2)cc1. The Balaban J connectivity index is 1.18. The molecule has 1 unspecified atom stereocenters. The summed E-state index contributed by atoms with van der Waals surface area (Å²) in [6.45, 7) is 4.14. The lowest BCUT2D eigenvalue weighted by Gasteiger charge is -2.36. The van der Waals surface area contributed by atoms with E-state index in [1.807, 2.05) is 11.0 Å². The first kappa shape index (κ1) is 22.6. The van der Waals surface area contributed by atoms with Crippen molar-refractivity contribution in [2.24, 2.45) is 0 Å². The number of aryl methyl sites for hydroxylation is 1. The highest BCUT2D eigenvalue weighted by molar-refractivity contribution is 7.16. The van der Waals surface area contributed by atoms with E-state index in [0.717, 1.165) is 56.1 Å². The van der Waals surface area contributed by atoms with Crippen LogP contribution in [0.4, 0.5) is 5.13 Å². The fourth-order valence-corrected chi connectivity index (χ4v) is 5.65. The first-order chi connectivity index (χ1) is 16.6. The minimum Gasteiger partial charge on any atom is -0.497 e. The molecule has 1 aromatic heterocycles. The van der Waals surface area contributed by atoms with Crippen molar-refractivity contribution in [1.29, 1.82) is 0 Å². The first-order valence-electron chi connectivity index (χ1n) is 11.6. The molecule has 0 spiro atoms. The quantitative estimate of drug-likeness (QED) is 0.586. The van der Waals surface area contributed by atoms with Gasteiger partial charge in [-0.25, -0.2) is 4.98 Å². The van der Waals surface area contributed by atoms with E-state index in [1.54, 1.807) is 31.4 Å². The normalized spacial score (nSPS) is 17.9. The van der Waals surface area contributed by atoms with Crippen molar-refractivity contribution in [3.8, 4) is 5.75 Å². The lowest BCUT2D eigenvalue weighted by molar-refractivity contribution is -0.134. The van der Waals surface area contributed by atoms with Gasteiger partial charge in [0.25, 0.3) is 5.91 Å². The molecule has 2 amide bonds. The molecule has 2 heterocycles. The van der Waals surface area contributed by atoms with E-state index >= 15 is 0 Å². The van der Waals surface area contributed by atoms with Gasteiger partial charge in [-0.3, -0.25) is 19.8 Å². The Kier molecular flexibility index (Phi) is 6.60. The summed E-state index contributed by atoms with van der Waals surface area (Å²) < 4.78 is 5.14. The van der Waals surface area contributed by atoms with E-state index in [1.165, 1.54) is 16.9 Å². The van der Waals surface area contributed by atoms with Gasteiger partial charge in [-0.1, -0.05) is 30.3 Å². The Morgan fingerprint density at radius 2 is 1.79 bits per heavy atom. The number of hydrogen-bond acceptors (Lipinski definition) is 6. The van der Waals surface area contributed by atoms with Gasteiger partial charge < -0.3 is 9.64 Å². The second kappa shape index (κ2) is 9.95. The molecule has 1 aliphatic carbocycles. The van der Waals surface area contributed by atoms with Crippen LogP contribution >= 0.6 is 11.3 Å². The third kappa shape index (κ3) is 4.83. The maximum atomic E-state index is 13.3. The van der Waals surface area contributed by atoms with Gasteiger partial charge in [0.2, 0.25) is 5.91 Å². The Morgan fingerprint density at radius 3 is 2.50 bits per heavy atom. The molecule has 1 atom stereocenters. The third-order valence-corrected chi connectivity index (χ3v) is 7.57. The smallest absolute Gasteiger partial charge is 0.257 e. The zero-order chi connectivity index (χ0) is 23.5. The van der Waals surface area contributed by atoms with Crippen LogP contribution in [0.3, 0.4) is 0 Å². The van der Waals surface area contributed by atoms with Crippen molar-refractivity contribution in [2.45, 2.75) is 25.3 Å². The fraction of sp³-hybridized carbons (Fsp3) is 0.346. The Morgan fingerprint density at radius 1 is 1.06 bits per heavy atom. The molecule has 0 saturated carbocycles. The Labute approximate surface area is 203 Å². The topological polar surface area (TPSA) is 74.8 Å². The van der Waals surface area contributed by atoms with E-state index in [2.05, 4.69) is 39.5 Å². The van der Waals surface area contributed by atoms with Gasteiger partial charge in [0.15, 0.2) is 5.13 Å². The number of carbonyl (C=O) groups is 2. The van der Waals surface area contributed by atoms with Gasteiger partial charge in [-0.2, -0.15) is 0 Å². The molecule has 0 radical (unpaired) electrons. The van der Waals surface area contributed by atoms with Gasteiger partial charge >= 0.3 is 0 Å². The van der Waals surface area contributed by atoms with Crippen molar-refractivity contribution >= 4 is 28.3 Å². The molecule has 1 saturated heterocycles. The molecule has 176 valence electrons. The number of nitrogens with zero attached hydrogens (tertiary/aromatic N) is 3. The van der Waals surface area contributed by atoms with E-state index in [4.69, 9.17) is 4.74 Å². The number of amides is 2. The van der Waals surface area contributed by atoms with Crippen molar-refractivity contribution in [2.75, 3.05) is 38.6 Å². The van der Waals surface area contributed by atoms with Crippen LogP contribution in [0.5, 0.6) is 5.75 Å². The molecule has 2 aromatic carbocycles. The molecular weight excluding hydrogens is 448 g/mol. The molecule has 7 nitrogen and oxygen atoms in total. The highest BCUT2D eigenvalue weighted by atomic mass is 32.1. The largest absolute Gasteiger partial charge is 0.497 e. The number of fused-ring (bicyclic) bond motifs is 1. The van der Waals surface area contributed by atoms with Gasteiger partial charge in [-0.15, -0.1) is 11.3 Å². The van der Waals surface area contributed by atoms with Crippen molar-refractivity contribution in [3.05, 3.63) is 76.3 Å². The molecule has 34 heavy (non-hydrogen) atoms. The van der Waals surface area contributed by atoms with Gasteiger partial charge in [0.1, 0.15) is 5.75 Å². The average molecular weight is 477 g/mol. The second-order valence-electron chi connectivity index (χ2n) is 8.69. The minimum atomic E-state index is -0.215. The maximum absolute atomic E-state index is 13.3. The molecule has 2 aliphatic rings. The third-order valence-electron chi connectivity index (χ3n) is 6.52. The summed E-state index contributed by atoms with van der Waals surface area (Å²) in [5.74, 6) is 0.439. The Hall–Kier alpha value is -3.23. The van der Waals surface area contributed by atoms with E-state index in [-0.39, 0.29) is 17.7 Å². The van der Waals surface area contributed by atoms with Crippen LogP contribution in [0, 0.1) is 0 Å². The van der Waals surface area contributed by atoms with Crippen LogP contribution in [0.25, 0.3) is 0 Å². The summed E-state index contributed by atoms with van der Waals surface area (Å²) in [5, 5.41) is 3.44. The molecule has 1 aliphatic heterocycles. The number of hydrogen-bond donors (Lipinski definition) is 1. The van der Waals surface area contributed by atoms with Gasteiger partial charge in [-0.05, 0) is 42.7 Å². The van der Waals surface area contributed by atoms with Gasteiger partial charge in [0, 0.05) is 43.2 Å². The van der Waals surface area contributed by atoms with Gasteiger partial charge in [0.05, 0.1) is 18.7 Å². The lowest BCUT2D eigenvalue weighted by atomic mass is 10.1. The second-order valence-corrected chi connectivity index (χ2v) is 9.77. The molecule has 5 rings (SSSR count). The molecular formula is C26H28N4O3S. The number of nitrogens with one attached hydrogen (secondary N) is 1. The summed E-state index contributed by atoms with van der Waals surface area (Å²) in [6, 6.07) is 17.4. The average Bonchev–Trinajstić information content (AvgIpc) is 3.45. The predicted molar refractivity (Wildman–Crippen MR) is 132 cm³/mol. The zero-order valence-electron chi connectivity index (χ0n) is 19.2. The number of aromatic nitrogens is 1. The van der Waals surface area contributed by atoms with Crippen LogP contribution in [0.15, 0.2) is 54.6 Å². The predicted octanol–water partition coefficient (Wildman–Crippen LogP) is 3.78. The van der Waals surface area contributed by atoms with E-state index < -0.39 is 0 Å². The monoisotopic (exact) mass is 476 g/mol. The number of anilines is 1. The van der Waals surface area contributed by atoms with Crippen molar-refractivity contribution in [3.63, 3.8) is 0 Å². The lowest BCUT2D eigenvalue weighted by Crippen LogP contribution is -2.49. The van der Waals surface area contributed by atoms with Crippen LogP contribution in [0.1, 0.15) is 38.8 Å². The number of thiazole rings is 1. The molecule has 1 fully saturated rings. The zero-order valence-corrected chi connectivity index (χ0v) is 20.0. The standard InChI is InChI=1S/C26H28N4O3S/c1-33-20-9-7-19(8-10-20)24(31)28-26-27-23-21(11-12-22(23)34-26)25(32)30-15-13-29(14-16-30)17-18-5-3-2-4-6-18/h2-10,21H,11-17H2,1H3,(H,27,28,31). The minimum absolute atomic E-state index is 0.163. The number of rotatable bonds is 6. The molecule has 1 N–H and O–H groups in total. The highest BCUT2D eigenvalue weighted by Crippen LogP contribution is 2.39. The maximum Gasteiger partial charge on any atom is 0.257 e. The number of methoxy groups -OCH3 is 1. The van der Waals surface area contributed by atoms with Crippen molar-refractivity contribution in [1.82, 2.24) is 14.8 Å². The van der Waals surface area contributed by atoms with Crippen LogP contribution in [-0.4, -0.2) is 59.9 Å². The first-order valence-corrected chi connectivity index (χ1v) is 12.4.